The number of halogens is 3. The van der Waals surface area contributed by atoms with Crippen LogP contribution in [0, 0.1) is 0 Å². The zero-order valence-corrected chi connectivity index (χ0v) is 19.0. The SMILES string of the molecule is COC(=O)CN1CCN(c2cn(C3CCNCC3)c(CC=C=O)n2)CC1.Cl.Cl.Cl. The van der Waals surface area contributed by atoms with Crippen molar-refractivity contribution in [1.29, 1.82) is 0 Å². The van der Waals surface area contributed by atoms with Gasteiger partial charge < -0.3 is 19.5 Å². The van der Waals surface area contributed by atoms with Crippen molar-refractivity contribution in [1.82, 2.24) is 19.8 Å². The van der Waals surface area contributed by atoms with Crippen LogP contribution in [0.4, 0.5) is 5.82 Å². The van der Waals surface area contributed by atoms with E-state index in [-0.39, 0.29) is 43.2 Å². The minimum Gasteiger partial charge on any atom is -0.468 e. The van der Waals surface area contributed by atoms with Crippen LogP contribution in [0.3, 0.4) is 0 Å². The van der Waals surface area contributed by atoms with Crippen LogP contribution in [0.25, 0.3) is 0 Å². The molecule has 8 nitrogen and oxygen atoms in total. The molecule has 11 heteroatoms. The minimum atomic E-state index is -0.198. The first kappa shape index (κ1) is 27.7. The lowest BCUT2D eigenvalue weighted by atomic mass is 10.1. The molecule has 0 atom stereocenters. The van der Waals surface area contributed by atoms with E-state index in [1.807, 2.05) is 5.94 Å². The van der Waals surface area contributed by atoms with Crippen molar-refractivity contribution in [2.75, 3.05) is 57.8 Å². The molecule has 0 amide bonds. The van der Waals surface area contributed by atoms with E-state index >= 15 is 0 Å². The van der Waals surface area contributed by atoms with E-state index in [4.69, 9.17) is 9.72 Å². The molecule has 0 spiro atoms. The highest BCUT2D eigenvalue weighted by Gasteiger charge is 2.24. The first-order valence-corrected chi connectivity index (χ1v) is 9.23. The number of piperidine rings is 1. The Morgan fingerprint density at radius 1 is 1.24 bits per heavy atom. The molecule has 1 N–H and O–H groups in total. The summed E-state index contributed by atoms with van der Waals surface area (Å²) in [6.45, 7) is 5.61. The van der Waals surface area contributed by atoms with Crippen LogP contribution in [0.15, 0.2) is 12.3 Å². The molecule has 0 aromatic carbocycles. The van der Waals surface area contributed by atoms with Crippen molar-refractivity contribution in [2.24, 2.45) is 0 Å². The van der Waals surface area contributed by atoms with Gasteiger partial charge in [0.1, 0.15) is 17.6 Å². The predicted molar refractivity (Wildman–Crippen MR) is 120 cm³/mol. The molecule has 2 aliphatic rings. The third-order valence-electron chi connectivity index (χ3n) is 5.14. The fraction of sp³-hybridized carbons (Fsp3) is 0.667. The van der Waals surface area contributed by atoms with Crippen LogP contribution in [-0.2, 0) is 20.7 Å². The van der Waals surface area contributed by atoms with Gasteiger partial charge in [-0.25, -0.2) is 9.78 Å². The standard InChI is InChI=1S/C18H27N5O3.3ClH/c1-26-18(25)14-21-8-10-22(11-9-21)17-13-23(15-4-6-19-7-5-15)16(20-17)3-2-12-24;;;/h2,13,15,19H,3-11,14H2,1H3;3*1H. The molecule has 0 aliphatic carbocycles. The van der Waals surface area contributed by atoms with Crippen LogP contribution < -0.4 is 10.2 Å². The number of esters is 1. The van der Waals surface area contributed by atoms with Gasteiger partial charge in [-0.15, -0.1) is 37.2 Å². The summed E-state index contributed by atoms with van der Waals surface area (Å²) in [7, 11) is 1.42. The molecule has 2 saturated heterocycles. The third kappa shape index (κ3) is 7.48. The van der Waals surface area contributed by atoms with Crippen molar-refractivity contribution >= 4 is 54.9 Å². The first-order chi connectivity index (χ1) is 12.7. The molecule has 0 unspecified atom stereocenters. The highest BCUT2D eigenvalue weighted by molar-refractivity contribution is 5.86. The third-order valence-corrected chi connectivity index (χ3v) is 5.14. The fourth-order valence-corrected chi connectivity index (χ4v) is 3.64. The van der Waals surface area contributed by atoms with Crippen molar-refractivity contribution < 1.29 is 14.3 Å². The van der Waals surface area contributed by atoms with E-state index in [1.165, 1.54) is 13.2 Å². The zero-order chi connectivity index (χ0) is 18.4. The van der Waals surface area contributed by atoms with E-state index < -0.39 is 0 Å². The second kappa shape index (κ2) is 13.9. The average molecular weight is 471 g/mol. The van der Waals surface area contributed by atoms with E-state index in [0.717, 1.165) is 63.8 Å². The summed E-state index contributed by atoms with van der Waals surface area (Å²) < 4.78 is 6.98. The Bertz CT molecular complexity index is 668. The minimum absolute atomic E-state index is 0. The average Bonchev–Trinajstić information content (AvgIpc) is 3.11. The summed E-state index contributed by atoms with van der Waals surface area (Å²) in [5.74, 6) is 3.54. The second-order valence-corrected chi connectivity index (χ2v) is 6.77. The Morgan fingerprint density at radius 2 is 1.90 bits per heavy atom. The van der Waals surface area contributed by atoms with Gasteiger partial charge in [0.25, 0.3) is 0 Å². The van der Waals surface area contributed by atoms with E-state index in [0.29, 0.717) is 19.0 Å². The lowest BCUT2D eigenvalue weighted by Crippen LogP contribution is -2.48. The Labute approximate surface area is 190 Å². The van der Waals surface area contributed by atoms with Crippen molar-refractivity contribution in [3.63, 3.8) is 0 Å². The van der Waals surface area contributed by atoms with Gasteiger partial charge in [-0.2, -0.15) is 0 Å². The number of anilines is 1. The van der Waals surface area contributed by atoms with Crippen molar-refractivity contribution in [3.05, 3.63) is 18.1 Å². The van der Waals surface area contributed by atoms with Gasteiger partial charge in [0.05, 0.1) is 13.7 Å². The molecular formula is C18H30Cl3N5O3. The van der Waals surface area contributed by atoms with Crippen LogP contribution >= 0.6 is 37.2 Å². The predicted octanol–water partition coefficient (Wildman–Crippen LogP) is 1.30. The normalized spacial score (nSPS) is 17.2. The van der Waals surface area contributed by atoms with Crippen LogP contribution in [0.5, 0.6) is 0 Å². The number of hydrogen-bond acceptors (Lipinski definition) is 7. The maximum Gasteiger partial charge on any atom is 0.319 e. The van der Waals surface area contributed by atoms with E-state index in [2.05, 4.69) is 25.9 Å². The highest BCUT2D eigenvalue weighted by Crippen LogP contribution is 2.25. The molecule has 0 saturated carbocycles. The van der Waals surface area contributed by atoms with Crippen molar-refractivity contribution in [2.45, 2.75) is 25.3 Å². The molecule has 0 radical (unpaired) electrons. The number of carbonyl (C=O) groups is 1. The summed E-state index contributed by atoms with van der Waals surface area (Å²) in [6, 6.07) is 0.424. The van der Waals surface area contributed by atoms with Crippen LogP contribution in [0.2, 0.25) is 0 Å². The van der Waals surface area contributed by atoms with Crippen LogP contribution in [0.1, 0.15) is 24.7 Å². The summed E-state index contributed by atoms with van der Waals surface area (Å²) >= 11 is 0. The summed E-state index contributed by atoms with van der Waals surface area (Å²) in [5.41, 5.74) is 0. The number of nitrogens with zero attached hydrogens (tertiary/aromatic N) is 4. The van der Waals surface area contributed by atoms with Gasteiger partial charge in [0.2, 0.25) is 0 Å². The molecule has 3 heterocycles. The van der Waals surface area contributed by atoms with Gasteiger partial charge in [0.15, 0.2) is 0 Å². The van der Waals surface area contributed by atoms with Gasteiger partial charge >= 0.3 is 5.97 Å². The quantitative estimate of drug-likeness (QED) is 0.496. The van der Waals surface area contributed by atoms with Gasteiger partial charge in [0, 0.05) is 50.9 Å². The fourth-order valence-electron chi connectivity index (χ4n) is 3.64. The molecule has 0 bridgehead atoms. The molecular weight excluding hydrogens is 441 g/mol. The number of carbonyl (C=O) groups excluding carboxylic acids is 2. The molecule has 1 aromatic heterocycles. The number of piperazine rings is 1. The maximum absolute atomic E-state index is 11.4. The Morgan fingerprint density at radius 3 is 2.48 bits per heavy atom. The molecule has 3 rings (SSSR count). The summed E-state index contributed by atoms with van der Waals surface area (Å²) in [6.07, 6.45) is 6.27. The number of hydrogen-bond donors (Lipinski definition) is 1. The summed E-state index contributed by atoms with van der Waals surface area (Å²) in [5, 5.41) is 3.38. The maximum atomic E-state index is 11.4. The van der Waals surface area contributed by atoms with Crippen LogP contribution in [-0.4, -0.2) is 79.3 Å². The number of ether oxygens (including phenoxy) is 1. The van der Waals surface area contributed by atoms with Gasteiger partial charge in [-0.05, 0) is 25.9 Å². The monoisotopic (exact) mass is 469 g/mol. The first-order valence-electron chi connectivity index (χ1n) is 9.23. The lowest BCUT2D eigenvalue weighted by Gasteiger charge is -2.34. The van der Waals surface area contributed by atoms with E-state index in [9.17, 15) is 9.59 Å². The number of allylic oxidation sites excluding steroid dienone is 1. The largest absolute Gasteiger partial charge is 0.468 e. The lowest BCUT2D eigenvalue weighted by molar-refractivity contribution is -0.142. The van der Waals surface area contributed by atoms with E-state index in [1.54, 1.807) is 0 Å². The number of rotatable bonds is 6. The topological polar surface area (TPSA) is 79.7 Å². The highest BCUT2D eigenvalue weighted by atomic mass is 35.5. The Kier molecular flexibility index (Phi) is 13.2. The van der Waals surface area contributed by atoms with Gasteiger partial charge in [-0.1, -0.05) is 0 Å². The summed E-state index contributed by atoms with van der Waals surface area (Å²) in [4.78, 5) is 31.2. The molecule has 166 valence electrons. The number of imidazole rings is 1. The second-order valence-electron chi connectivity index (χ2n) is 6.77. The number of aromatic nitrogens is 2. The molecule has 29 heavy (non-hydrogen) atoms. The smallest absolute Gasteiger partial charge is 0.319 e. The Balaban J connectivity index is 0.00000261. The number of methoxy groups -OCH3 is 1. The Hall–Kier alpha value is -1.28. The zero-order valence-electron chi connectivity index (χ0n) is 16.5. The number of nitrogens with one attached hydrogen (secondary N) is 1. The van der Waals surface area contributed by atoms with Gasteiger partial charge in [-0.3, -0.25) is 9.69 Å². The molecule has 1 aromatic rings. The molecule has 2 aliphatic heterocycles. The van der Waals surface area contributed by atoms with Crippen molar-refractivity contribution in [3.8, 4) is 0 Å². The molecule has 2 fully saturated rings.